The monoisotopic (exact) mass is 388 g/mol. The van der Waals surface area contributed by atoms with Gasteiger partial charge in [-0.25, -0.2) is 13.4 Å². The van der Waals surface area contributed by atoms with Crippen LogP contribution < -0.4 is 0 Å². The van der Waals surface area contributed by atoms with Crippen LogP contribution in [0.1, 0.15) is 23.2 Å². The fourth-order valence-corrected chi connectivity index (χ4v) is 4.83. The Morgan fingerprint density at radius 2 is 2.00 bits per heavy atom. The van der Waals surface area contributed by atoms with Crippen molar-refractivity contribution < 1.29 is 17.6 Å². The van der Waals surface area contributed by atoms with Crippen LogP contribution in [0.4, 0.5) is 0 Å². The molecule has 3 aromatic rings. The molecule has 9 heteroatoms. The van der Waals surface area contributed by atoms with Crippen molar-refractivity contribution in [2.45, 2.75) is 18.2 Å². The summed E-state index contributed by atoms with van der Waals surface area (Å²) in [7, 11) is -3.66. The number of aromatic amines is 1. The molecule has 0 atom stereocenters. The van der Waals surface area contributed by atoms with E-state index in [-0.39, 0.29) is 23.9 Å². The minimum atomic E-state index is -3.66. The number of aryl methyl sites for hydroxylation is 1. The van der Waals surface area contributed by atoms with Crippen LogP contribution in [0.2, 0.25) is 0 Å². The molecule has 1 amide bonds. The number of sulfonamides is 1. The third-order valence-electron chi connectivity index (χ3n) is 4.78. The highest BCUT2D eigenvalue weighted by Gasteiger charge is 2.32. The van der Waals surface area contributed by atoms with Crippen LogP contribution in [-0.4, -0.2) is 59.7 Å². The Bertz CT molecular complexity index is 1080. The predicted molar refractivity (Wildman–Crippen MR) is 98.8 cm³/mol. The van der Waals surface area contributed by atoms with E-state index < -0.39 is 10.0 Å². The molecule has 8 nitrogen and oxygen atoms in total. The van der Waals surface area contributed by atoms with Gasteiger partial charge >= 0.3 is 0 Å². The van der Waals surface area contributed by atoms with Gasteiger partial charge in [-0.15, -0.1) is 0 Å². The molecule has 3 aromatic heterocycles. The quantitative estimate of drug-likeness (QED) is 0.735. The molecular weight excluding hydrogens is 368 g/mol. The van der Waals surface area contributed by atoms with Gasteiger partial charge in [-0.05, 0) is 24.3 Å². The van der Waals surface area contributed by atoms with E-state index in [0.29, 0.717) is 29.9 Å². The zero-order valence-electron chi connectivity index (χ0n) is 14.9. The van der Waals surface area contributed by atoms with Crippen molar-refractivity contribution in [1.82, 2.24) is 19.2 Å². The summed E-state index contributed by atoms with van der Waals surface area (Å²) in [6, 6.07) is 6.90. The number of H-pyrrole nitrogens is 1. The second-order valence-electron chi connectivity index (χ2n) is 6.37. The average Bonchev–Trinajstić information content (AvgIpc) is 3.34. The van der Waals surface area contributed by atoms with Crippen molar-refractivity contribution in [3.05, 3.63) is 48.2 Å². The first kappa shape index (κ1) is 17.7. The molecule has 1 fully saturated rings. The van der Waals surface area contributed by atoms with Crippen LogP contribution in [0, 0.1) is 0 Å². The number of furan rings is 1. The summed E-state index contributed by atoms with van der Waals surface area (Å²) in [5.41, 5.74) is 0.537. The van der Waals surface area contributed by atoms with Gasteiger partial charge in [-0.3, -0.25) is 4.79 Å². The maximum absolute atomic E-state index is 13.0. The maximum Gasteiger partial charge on any atom is 0.289 e. The number of nitrogens with zero attached hydrogens (tertiary/aromatic N) is 3. The summed E-state index contributed by atoms with van der Waals surface area (Å²) in [5.74, 6) is 0.849. The Hall–Kier alpha value is -2.65. The largest absolute Gasteiger partial charge is 0.456 e. The van der Waals surface area contributed by atoms with Gasteiger partial charge in [0.25, 0.3) is 5.91 Å². The van der Waals surface area contributed by atoms with E-state index in [1.165, 1.54) is 10.5 Å². The number of hydrogen-bond acceptors (Lipinski definition) is 5. The number of pyridine rings is 1. The number of carbonyl (C=O) groups excluding carboxylic acids is 1. The SMILES string of the molecule is CCc1ccc(C(=O)N2CCN(S(=O)(=O)c3c[nH]c4ncccc34)CC2)o1. The fraction of sp³-hybridized carbons (Fsp3) is 0.333. The lowest BCUT2D eigenvalue weighted by atomic mass is 10.3. The summed E-state index contributed by atoms with van der Waals surface area (Å²) in [4.78, 5) is 21.4. The molecule has 0 saturated carbocycles. The minimum absolute atomic E-state index is 0.206. The first-order chi connectivity index (χ1) is 13.0. The molecule has 0 spiro atoms. The highest BCUT2D eigenvalue weighted by atomic mass is 32.2. The predicted octanol–water partition coefficient (Wildman–Crippen LogP) is 1.87. The Kier molecular flexibility index (Phi) is 4.48. The number of piperazine rings is 1. The van der Waals surface area contributed by atoms with Crippen molar-refractivity contribution in [2.75, 3.05) is 26.2 Å². The maximum atomic E-state index is 13.0. The van der Waals surface area contributed by atoms with Gasteiger partial charge in [0, 0.05) is 50.4 Å². The number of hydrogen-bond donors (Lipinski definition) is 1. The molecule has 1 saturated heterocycles. The Balaban J connectivity index is 1.49. The molecule has 1 N–H and O–H groups in total. The molecule has 0 bridgehead atoms. The lowest BCUT2D eigenvalue weighted by Gasteiger charge is -2.33. The summed E-state index contributed by atoms with van der Waals surface area (Å²) in [6.07, 6.45) is 3.80. The standard InChI is InChI=1S/C18H20N4O4S/c1-2-13-5-6-15(26-13)18(23)21-8-10-22(11-9-21)27(24,25)16-12-20-17-14(16)4-3-7-19-17/h3-7,12H,2,8-11H2,1H3,(H,19,20). The van der Waals surface area contributed by atoms with Gasteiger partial charge in [0.05, 0.1) is 0 Å². The van der Waals surface area contributed by atoms with Crippen molar-refractivity contribution in [3.63, 3.8) is 0 Å². The Labute approximate surface area is 156 Å². The first-order valence-electron chi connectivity index (χ1n) is 8.81. The van der Waals surface area contributed by atoms with Crippen LogP contribution in [0.3, 0.4) is 0 Å². The van der Waals surface area contributed by atoms with Crippen LogP contribution in [0.15, 0.2) is 46.0 Å². The summed E-state index contributed by atoms with van der Waals surface area (Å²) >= 11 is 0. The lowest BCUT2D eigenvalue weighted by Crippen LogP contribution is -2.50. The van der Waals surface area contributed by atoms with E-state index in [9.17, 15) is 13.2 Å². The summed E-state index contributed by atoms with van der Waals surface area (Å²) in [6.45, 7) is 3.07. The van der Waals surface area contributed by atoms with Crippen molar-refractivity contribution >= 4 is 27.0 Å². The van der Waals surface area contributed by atoms with E-state index in [0.717, 1.165) is 12.2 Å². The summed E-state index contributed by atoms with van der Waals surface area (Å²) in [5, 5.41) is 0.568. The van der Waals surface area contributed by atoms with E-state index in [2.05, 4.69) is 9.97 Å². The zero-order chi connectivity index (χ0) is 19.0. The first-order valence-corrected chi connectivity index (χ1v) is 10.2. The van der Waals surface area contributed by atoms with Gasteiger partial charge in [0.2, 0.25) is 10.0 Å². The van der Waals surface area contributed by atoms with Crippen LogP contribution in [0.5, 0.6) is 0 Å². The number of nitrogens with one attached hydrogen (secondary N) is 1. The number of carbonyl (C=O) groups is 1. The summed E-state index contributed by atoms with van der Waals surface area (Å²) < 4.78 is 32.9. The molecule has 1 aliphatic rings. The fourth-order valence-electron chi connectivity index (χ4n) is 3.25. The van der Waals surface area contributed by atoms with Gasteiger partial charge in [0.15, 0.2) is 5.76 Å². The van der Waals surface area contributed by atoms with E-state index >= 15 is 0 Å². The number of aromatic nitrogens is 2. The highest BCUT2D eigenvalue weighted by Crippen LogP contribution is 2.25. The van der Waals surface area contributed by atoms with Crippen molar-refractivity contribution in [2.24, 2.45) is 0 Å². The molecule has 0 radical (unpaired) electrons. The van der Waals surface area contributed by atoms with Crippen LogP contribution >= 0.6 is 0 Å². The van der Waals surface area contributed by atoms with Crippen LogP contribution in [-0.2, 0) is 16.4 Å². The topological polar surface area (TPSA) is 99.5 Å². The van der Waals surface area contributed by atoms with E-state index in [1.807, 2.05) is 6.92 Å². The number of amides is 1. The number of rotatable bonds is 4. The second kappa shape index (κ2) is 6.82. The Morgan fingerprint density at radius 3 is 2.70 bits per heavy atom. The third kappa shape index (κ3) is 3.13. The molecule has 4 heterocycles. The van der Waals surface area contributed by atoms with Crippen molar-refractivity contribution in [3.8, 4) is 0 Å². The Morgan fingerprint density at radius 1 is 1.22 bits per heavy atom. The van der Waals surface area contributed by atoms with Gasteiger partial charge in [-0.1, -0.05) is 6.92 Å². The van der Waals surface area contributed by atoms with Crippen LogP contribution in [0.25, 0.3) is 11.0 Å². The smallest absolute Gasteiger partial charge is 0.289 e. The molecule has 142 valence electrons. The molecule has 4 rings (SSSR count). The lowest BCUT2D eigenvalue weighted by molar-refractivity contribution is 0.0664. The molecule has 0 unspecified atom stereocenters. The number of fused-ring (bicyclic) bond motifs is 1. The molecule has 0 aromatic carbocycles. The normalized spacial score (nSPS) is 16.1. The molecule has 1 aliphatic heterocycles. The van der Waals surface area contributed by atoms with Gasteiger partial charge in [-0.2, -0.15) is 4.31 Å². The van der Waals surface area contributed by atoms with E-state index in [1.54, 1.807) is 35.4 Å². The average molecular weight is 388 g/mol. The van der Waals surface area contributed by atoms with Gasteiger partial charge in [0.1, 0.15) is 16.3 Å². The highest BCUT2D eigenvalue weighted by molar-refractivity contribution is 7.89. The second-order valence-corrected chi connectivity index (χ2v) is 8.27. The van der Waals surface area contributed by atoms with Crippen molar-refractivity contribution in [1.29, 1.82) is 0 Å². The third-order valence-corrected chi connectivity index (χ3v) is 6.72. The minimum Gasteiger partial charge on any atom is -0.456 e. The molecular formula is C18H20N4O4S. The zero-order valence-corrected chi connectivity index (χ0v) is 15.7. The molecule has 27 heavy (non-hydrogen) atoms. The molecule has 0 aliphatic carbocycles. The van der Waals surface area contributed by atoms with E-state index in [4.69, 9.17) is 4.42 Å². The van der Waals surface area contributed by atoms with Gasteiger partial charge < -0.3 is 14.3 Å².